The van der Waals surface area contributed by atoms with Gasteiger partial charge in [-0.2, -0.15) is 0 Å². The Morgan fingerprint density at radius 2 is 1.35 bits per heavy atom. The summed E-state index contributed by atoms with van der Waals surface area (Å²) in [6.07, 6.45) is -0.182. The van der Waals surface area contributed by atoms with Crippen LogP contribution in [-0.2, 0) is 37.5 Å². The number of anilines is 1. The van der Waals surface area contributed by atoms with Crippen molar-refractivity contribution in [2.45, 2.75) is 71.4 Å². The standard InChI is InChI=1S/C43H54N4O7S/c1-29(2)40(43(51)44-26-32-16-10-7-11-17-32)46-41(49)30(3)22-39(48)38(28-54-27-33-18-12-8-13-19-33)45-42(50)36-23-35(31(4)34-20-14-9-15-21-34)24-37(25-36)47(5)55(6,52)53/h7-21,23-25,29-31,38-40,48H,22,26-28H2,1-6H3,(H,44,51)(H,45,50)(H,46,49)/t30-,31-,38+,39+,40+/m1/s1. The molecule has 4 N–H and O–H groups in total. The Bertz CT molecular complexity index is 1960. The van der Waals surface area contributed by atoms with E-state index in [2.05, 4.69) is 16.0 Å². The molecule has 0 aromatic heterocycles. The molecular formula is C43H54N4O7S. The van der Waals surface area contributed by atoms with Crippen LogP contribution in [0.1, 0.15) is 72.6 Å². The van der Waals surface area contributed by atoms with E-state index in [-0.39, 0.29) is 42.9 Å². The predicted molar refractivity (Wildman–Crippen MR) is 216 cm³/mol. The monoisotopic (exact) mass is 770 g/mol. The number of carbonyl (C=O) groups excluding carboxylic acids is 3. The van der Waals surface area contributed by atoms with E-state index in [4.69, 9.17) is 4.74 Å². The summed E-state index contributed by atoms with van der Waals surface area (Å²) in [5, 5.41) is 20.2. The van der Waals surface area contributed by atoms with E-state index >= 15 is 0 Å². The molecule has 0 unspecified atom stereocenters. The number of hydrogen-bond donors (Lipinski definition) is 4. The van der Waals surface area contributed by atoms with Gasteiger partial charge in [-0.3, -0.25) is 18.7 Å². The number of nitrogens with zero attached hydrogens (tertiary/aromatic N) is 1. The van der Waals surface area contributed by atoms with Gasteiger partial charge < -0.3 is 25.8 Å². The van der Waals surface area contributed by atoms with Gasteiger partial charge in [0.1, 0.15) is 6.04 Å². The van der Waals surface area contributed by atoms with Crippen LogP contribution in [0.5, 0.6) is 0 Å². The van der Waals surface area contributed by atoms with Gasteiger partial charge in [0.2, 0.25) is 21.8 Å². The molecule has 0 aliphatic rings. The molecule has 4 aromatic carbocycles. The van der Waals surface area contributed by atoms with Gasteiger partial charge >= 0.3 is 0 Å². The van der Waals surface area contributed by atoms with Gasteiger partial charge in [0, 0.05) is 31.0 Å². The number of aliphatic hydroxyl groups excluding tert-OH is 1. The molecular weight excluding hydrogens is 717 g/mol. The minimum absolute atomic E-state index is 0.0466. The van der Waals surface area contributed by atoms with Gasteiger partial charge in [-0.15, -0.1) is 0 Å². The predicted octanol–water partition coefficient (Wildman–Crippen LogP) is 5.39. The van der Waals surface area contributed by atoms with Gasteiger partial charge in [-0.05, 0) is 52.8 Å². The molecule has 0 aliphatic heterocycles. The Morgan fingerprint density at radius 3 is 1.93 bits per heavy atom. The average Bonchev–Trinajstić information content (AvgIpc) is 3.18. The van der Waals surface area contributed by atoms with Crippen LogP contribution in [-0.4, -0.2) is 69.3 Å². The second kappa shape index (κ2) is 20.0. The second-order valence-corrected chi connectivity index (χ2v) is 16.4. The lowest BCUT2D eigenvalue weighted by atomic mass is 9.91. The normalized spacial score (nSPS) is 14.3. The van der Waals surface area contributed by atoms with E-state index in [9.17, 15) is 27.9 Å². The molecule has 0 bridgehead atoms. The van der Waals surface area contributed by atoms with E-state index in [0.29, 0.717) is 12.2 Å². The number of ether oxygens (including phenoxy) is 1. The fourth-order valence-corrected chi connectivity index (χ4v) is 6.55. The summed E-state index contributed by atoms with van der Waals surface area (Å²) in [4.78, 5) is 40.6. The molecule has 12 heteroatoms. The lowest BCUT2D eigenvalue weighted by Crippen LogP contribution is -2.52. The summed E-state index contributed by atoms with van der Waals surface area (Å²) in [6.45, 7) is 7.78. The molecule has 0 saturated heterocycles. The first-order chi connectivity index (χ1) is 26.1. The Kier molecular flexibility index (Phi) is 15.6. The van der Waals surface area contributed by atoms with Crippen molar-refractivity contribution in [3.8, 4) is 0 Å². The van der Waals surface area contributed by atoms with E-state index in [1.54, 1.807) is 19.1 Å². The van der Waals surface area contributed by atoms with Crippen molar-refractivity contribution < 1.29 is 32.6 Å². The third kappa shape index (κ3) is 12.8. The number of hydrogen-bond acceptors (Lipinski definition) is 7. The maximum atomic E-state index is 14.0. The van der Waals surface area contributed by atoms with Crippen molar-refractivity contribution >= 4 is 33.4 Å². The zero-order valence-electron chi connectivity index (χ0n) is 32.4. The Labute approximate surface area is 325 Å². The summed E-state index contributed by atoms with van der Waals surface area (Å²) in [7, 11) is -2.23. The molecule has 0 heterocycles. The third-order valence-electron chi connectivity index (χ3n) is 9.65. The van der Waals surface area contributed by atoms with Crippen LogP contribution in [0.15, 0.2) is 109 Å². The lowest BCUT2D eigenvalue weighted by molar-refractivity contribution is -0.132. The Balaban J connectivity index is 1.53. The molecule has 11 nitrogen and oxygen atoms in total. The van der Waals surface area contributed by atoms with Crippen molar-refractivity contribution in [1.82, 2.24) is 16.0 Å². The smallest absolute Gasteiger partial charge is 0.251 e. The minimum atomic E-state index is -3.66. The van der Waals surface area contributed by atoms with Crippen LogP contribution in [0.2, 0.25) is 0 Å². The van der Waals surface area contributed by atoms with E-state index < -0.39 is 45.9 Å². The number of carbonyl (C=O) groups is 3. The van der Waals surface area contributed by atoms with Gasteiger partial charge in [-0.25, -0.2) is 8.42 Å². The summed E-state index contributed by atoms with van der Waals surface area (Å²) in [5.74, 6) is -2.41. The number of nitrogens with one attached hydrogen (secondary N) is 3. The van der Waals surface area contributed by atoms with Crippen LogP contribution in [0, 0.1) is 11.8 Å². The molecule has 5 atom stereocenters. The highest BCUT2D eigenvalue weighted by Gasteiger charge is 2.30. The van der Waals surface area contributed by atoms with Crippen LogP contribution < -0.4 is 20.3 Å². The van der Waals surface area contributed by atoms with Gasteiger partial charge in [-0.1, -0.05) is 119 Å². The second-order valence-electron chi connectivity index (χ2n) is 14.4. The summed E-state index contributed by atoms with van der Waals surface area (Å²) in [6, 6.07) is 31.8. The minimum Gasteiger partial charge on any atom is -0.391 e. The van der Waals surface area contributed by atoms with Crippen molar-refractivity contribution in [2.75, 3.05) is 24.2 Å². The molecule has 4 rings (SSSR count). The number of aliphatic hydroxyl groups is 1. The zero-order valence-corrected chi connectivity index (χ0v) is 33.3. The van der Waals surface area contributed by atoms with Crippen molar-refractivity contribution in [3.63, 3.8) is 0 Å². The van der Waals surface area contributed by atoms with Crippen LogP contribution in [0.4, 0.5) is 5.69 Å². The summed E-state index contributed by atoms with van der Waals surface area (Å²) < 4.78 is 32.3. The zero-order chi connectivity index (χ0) is 40.1. The fourth-order valence-electron chi connectivity index (χ4n) is 6.06. The highest BCUT2D eigenvalue weighted by Crippen LogP contribution is 2.30. The van der Waals surface area contributed by atoms with E-state index in [1.165, 1.54) is 13.1 Å². The summed E-state index contributed by atoms with van der Waals surface area (Å²) in [5.41, 5.74) is 4.04. The third-order valence-corrected chi connectivity index (χ3v) is 10.9. The molecule has 0 radical (unpaired) electrons. The summed E-state index contributed by atoms with van der Waals surface area (Å²) >= 11 is 0. The topological polar surface area (TPSA) is 154 Å². The van der Waals surface area contributed by atoms with Crippen LogP contribution >= 0.6 is 0 Å². The first-order valence-corrected chi connectivity index (χ1v) is 20.3. The Morgan fingerprint density at radius 1 is 0.764 bits per heavy atom. The van der Waals surface area contributed by atoms with Gasteiger partial charge in [0.05, 0.1) is 37.3 Å². The molecule has 0 aliphatic carbocycles. The lowest BCUT2D eigenvalue weighted by Gasteiger charge is -2.28. The molecule has 294 valence electrons. The number of rotatable bonds is 19. The molecule has 0 saturated carbocycles. The molecule has 55 heavy (non-hydrogen) atoms. The number of benzene rings is 4. The van der Waals surface area contributed by atoms with Crippen LogP contribution in [0.3, 0.4) is 0 Å². The molecule has 4 aromatic rings. The highest BCUT2D eigenvalue weighted by molar-refractivity contribution is 7.92. The number of sulfonamides is 1. The largest absolute Gasteiger partial charge is 0.391 e. The van der Waals surface area contributed by atoms with E-state index in [0.717, 1.165) is 32.8 Å². The first-order valence-electron chi connectivity index (χ1n) is 18.5. The molecule has 0 fully saturated rings. The maximum absolute atomic E-state index is 14.0. The van der Waals surface area contributed by atoms with Crippen molar-refractivity contribution in [1.29, 1.82) is 0 Å². The average molecular weight is 771 g/mol. The van der Waals surface area contributed by atoms with Crippen LogP contribution in [0.25, 0.3) is 0 Å². The van der Waals surface area contributed by atoms with Gasteiger partial charge in [0.25, 0.3) is 5.91 Å². The SMILES string of the molecule is CC(C)[C@H](NC(=O)[C@H](C)C[C@H](O)[C@H](COCc1ccccc1)NC(=O)c1cc([C@H](C)c2ccccc2)cc(N(C)S(C)(=O)=O)c1)C(=O)NCc1ccccc1. The van der Waals surface area contributed by atoms with Crippen molar-refractivity contribution in [3.05, 3.63) is 137 Å². The number of amides is 3. The van der Waals surface area contributed by atoms with Gasteiger partial charge in [0.15, 0.2) is 0 Å². The fraction of sp³-hybridized carbons (Fsp3) is 0.372. The highest BCUT2D eigenvalue weighted by atomic mass is 32.2. The Hall–Kier alpha value is -5.04. The van der Waals surface area contributed by atoms with E-state index in [1.807, 2.05) is 112 Å². The molecule has 3 amide bonds. The quantitative estimate of drug-likeness (QED) is 0.0997. The maximum Gasteiger partial charge on any atom is 0.251 e. The molecule has 0 spiro atoms. The first kappa shape index (κ1) is 42.7. The van der Waals surface area contributed by atoms with Crippen molar-refractivity contribution in [2.24, 2.45) is 11.8 Å².